The minimum Gasteiger partial charge on any atom is -0.466 e. The zero-order chi connectivity index (χ0) is 24.2. The Bertz CT molecular complexity index is 1190. The summed E-state index contributed by atoms with van der Waals surface area (Å²) >= 11 is 7.47. The maximum absolute atomic E-state index is 13.4. The van der Waals surface area contributed by atoms with Gasteiger partial charge in [-0.15, -0.1) is 0 Å². The van der Waals surface area contributed by atoms with E-state index < -0.39 is 17.8 Å². The number of methoxy groups -OCH3 is 1. The minimum absolute atomic E-state index is 0.0807. The van der Waals surface area contributed by atoms with Gasteiger partial charge >= 0.3 is 12.0 Å². The van der Waals surface area contributed by atoms with Crippen LogP contribution in [0.5, 0.6) is 0 Å². The summed E-state index contributed by atoms with van der Waals surface area (Å²) in [6.07, 6.45) is 1.57. The Labute approximate surface area is 206 Å². The van der Waals surface area contributed by atoms with E-state index >= 15 is 0 Å². The molecule has 2 aliphatic rings. The molecule has 0 saturated carbocycles. The first kappa shape index (κ1) is 24.1. The van der Waals surface area contributed by atoms with Crippen molar-refractivity contribution in [2.75, 3.05) is 30.0 Å². The second kappa shape index (κ2) is 10.5. The zero-order valence-corrected chi connectivity index (χ0v) is 20.3. The molecule has 2 aromatic carbocycles. The van der Waals surface area contributed by atoms with Gasteiger partial charge in [0, 0.05) is 23.7 Å². The lowest BCUT2D eigenvalue weighted by Crippen LogP contribution is -2.42. The van der Waals surface area contributed by atoms with Gasteiger partial charge in [-0.3, -0.25) is 0 Å². The number of benzene rings is 2. The summed E-state index contributed by atoms with van der Waals surface area (Å²) in [5.74, 6) is -0.000996. The number of anilines is 2. The second-order valence-corrected chi connectivity index (χ2v) is 9.20. The van der Waals surface area contributed by atoms with Gasteiger partial charge in [0.05, 0.1) is 29.4 Å². The van der Waals surface area contributed by atoms with Crippen molar-refractivity contribution in [3.63, 3.8) is 0 Å². The third-order valence-electron chi connectivity index (χ3n) is 5.52. The number of nitrogens with zero attached hydrogens (tertiary/aromatic N) is 2. The van der Waals surface area contributed by atoms with Crippen LogP contribution in [0.1, 0.15) is 31.4 Å². The minimum atomic E-state index is -0.562. The van der Waals surface area contributed by atoms with Crippen molar-refractivity contribution >= 4 is 51.9 Å². The highest BCUT2D eigenvalue weighted by Gasteiger charge is 2.38. The van der Waals surface area contributed by atoms with Crippen LogP contribution >= 0.6 is 23.4 Å². The molecule has 1 unspecified atom stereocenters. The number of nitrogens with one attached hydrogen (secondary N) is 2. The molecule has 1 fully saturated rings. The smallest absolute Gasteiger partial charge is 0.338 e. The number of fused-ring (bicyclic) bond motifs is 1. The van der Waals surface area contributed by atoms with Crippen molar-refractivity contribution in [3.8, 4) is 0 Å². The molecule has 10 heteroatoms. The van der Waals surface area contributed by atoms with Crippen LogP contribution in [-0.2, 0) is 9.53 Å². The van der Waals surface area contributed by atoms with Crippen LogP contribution in [0.4, 0.5) is 20.6 Å². The van der Waals surface area contributed by atoms with Crippen LogP contribution in [0.15, 0.2) is 58.7 Å². The molecule has 2 N–H and O–H groups in total. The molecule has 178 valence electrons. The van der Waals surface area contributed by atoms with E-state index in [9.17, 15) is 14.0 Å². The normalized spacial score (nSPS) is 17.6. The maximum atomic E-state index is 13.4. The van der Waals surface area contributed by atoms with E-state index in [1.165, 1.54) is 25.3 Å². The van der Waals surface area contributed by atoms with Gasteiger partial charge in [0.25, 0.3) is 0 Å². The number of rotatable bonds is 5. The summed E-state index contributed by atoms with van der Waals surface area (Å²) in [6, 6.07) is 10.4. The first-order chi connectivity index (χ1) is 16.4. The third-order valence-corrected chi connectivity index (χ3v) is 6.89. The summed E-state index contributed by atoms with van der Waals surface area (Å²) in [4.78, 5) is 32.2. The van der Waals surface area contributed by atoms with E-state index in [0.717, 1.165) is 29.4 Å². The van der Waals surface area contributed by atoms with Crippen molar-refractivity contribution < 1.29 is 18.7 Å². The topological polar surface area (TPSA) is 83.0 Å². The number of thioether (sulfide) groups is 1. The van der Waals surface area contributed by atoms with E-state index in [-0.39, 0.29) is 11.1 Å². The average molecular weight is 503 g/mol. The molecule has 1 saturated heterocycles. The quantitative estimate of drug-likeness (QED) is 0.504. The third kappa shape index (κ3) is 5.05. The van der Waals surface area contributed by atoms with Gasteiger partial charge in [-0.2, -0.15) is 0 Å². The summed E-state index contributed by atoms with van der Waals surface area (Å²) in [6.45, 7) is 2.73. The highest BCUT2D eigenvalue weighted by molar-refractivity contribution is 8.13. The van der Waals surface area contributed by atoms with E-state index in [1.807, 2.05) is 25.1 Å². The van der Waals surface area contributed by atoms with Crippen LogP contribution in [-0.4, -0.2) is 41.5 Å². The van der Waals surface area contributed by atoms with Crippen LogP contribution in [0.2, 0.25) is 5.02 Å². The molecule has 2 heterocycles. The molecule has 0 aromatic heterocycles. The molecule has 2 aliphatic heterocycles. The number of hydrogen-bond acceptors (Lipinski definition) is 6. The largest absolute Gasteiger partial charge is 0.466 e. The number of carbonyl (C=O) groups is 2. The van der Waals surface area contributed by atoms with Gasteiger partial charge < -0.3 is 20.3 Å². The Morgan fingerprint density at radius 3 is 2.71 bits per heavy atom. The van der Waals surface area contributed by atoms with Crippen molar-refractivity contribution in [2.45, 2.75) is 25.8 Å². The molecule has 4 rings (SSSR count). The molecule has 2 aromatic rings. The van der Waals surface area contributed by atoms with Gasteiger partial charge in [0.1, 0.15) is 5.82 Å². The van der Waals surface area contributed by atoms with Gasteiger partial charge in [-0.05, 0) is 48.7 Å². The number of urea groups is 1. The second-order valence-electron chi connectivity index (χ2n) is 7.73. The first-order valence-corrected chi connectivity index (χ1v) is 12.2. The fraction of sp³-hybridized carbons (Fsp3) is 0.292. The summed E-state index contributed by atoms with van der Waals surface area (Å²) in [7, 11) is 1.37. The summed E-state index contributed by atoms with van der Waals surface area (Å²) in [5.41, 5.74) is 2.96. The fourth-order valence-electron chi connectivity index (χ4n) is 4.01. The van der Waals surface area contributed by atoms with Gasteiger partial charge in [-0.1, -0.05) is 42.4 Å². The van der Waals surface area contributed by atoms with Crippen LogP contribution in [0, 0.1) is 5.82 Å². The first-order valence-electron chi connectivity index (χ1n) is 10.8. The predicted octanol–water partition coefficient (Wildman–Crippen LogP) is 5.81. The standard InChI is InChI=1S/C24H24ClFN4O3S/c1-3-19-20(22(31)33-2)21(30-10-5-11-34-24(30)29-19)14-6-4-7-15(12-14)27-23(32)28-16-8-9-18(26)17(25)13-16/h4,6-9,12-13,21H,3,5,10-11H2,1-2H3,(H2,27,28,32). The number of hydrogen-bond donors (Lipinski definition) is 2. The van der Waals surface area contributed by atoms with Crippen molar-refractivity contribution in [2.24, 2.45) is 4.99 Å². The number of allylic oxidation sites excluding steroid dienone is 1. The lowest BCUT2D eigenvalue weighted by molar-refractivity contribution is -0.136. The number of esters is 1. The van der Waals surface area contributed by atoms with Crippen LogP contribution in [0.25, 0.3) is 0 Å². The molecule has 7 nitrogen and oxygen atoms in total. The van der Waals surface area contributed by atoms with E-state index in [2.05, 4.69) is 15.5 Å². The molecule has 0 spiro atoms. The molecular weight excluding hydrogens is 479 g/mol. The Balaban J connectivity index is 1.62. The number of ether oxygens (including phenoxy) is 1. The van der Waals surface area contributed by atoms with E-state index in [0.29, 0.717) is 29.1 Å². The van der Waals surface area contributed by atoms with E-state index in [1.54, 1.807) is 17.8 Å². The van der Waals surface area contributed by atoms with Crippen molar-refractivity contribution in [3.05, 3.63) is 70.1 Å². The molecule has 0 bridgehead atoms. The highest BCUT2D eigenvalue weighted by Crippen LogP contribution is 2.41. The van der Waals surface area contributed by atoms with E-state index in [4.69, 9.17) is 21.3 Å². The molecule has 1 atom stereocenters. The number of halogens is 2. The summed E-state index contributed by atoms with van der Waals surface area (Å²) in [5, 5.41) is 6.24. The zero-order valence-electron chi connectivity index (χ0n) is 18.7. The summed E-state index contributed by atoms with van der Waals surface area (Å²) < 4.78 is 18.5. The Morgan fingerprint density at radius 1 is 1.24 bits per heavy atom. The molecule has 0 radical (unpaired) electrons. The Kier molecular flexibility index (Phi) is 7.43. The number of aliphatic imine (C=N–C) groups is 1. The maximum Gasteiger partial charge on any atom is 0.338 e. The highest BCUT2D eigenvalue weighted by atomic mass is 35.5. The number of carbonyl (C=O) groups excluding carboxylic acids is 2. The van der Waals surface area contributed by atoms with Crippen molar-refractivity contribution in [1.82, 2.24) is 4.90 Å². The predicted molar refractivity (Wildman–Crippen MR) is 134 cm³/mol. The average Bonchev–Trinajstić information content (AvgIpc) is 2.84. The van der Waals surface area contributed by atoms with Crippen molar-refractivity contribution in [1.29, 1.82) is 0 Å². The number of amidine groups is 1. The molecular formula is C24H24ClFN4O3S. The van der Waals surface area contributed by atoms with Gasteiger partial charge in [0.15, 0.2) is 5.17 Å². The molecule has 0 aliphatic carbocycles. The number of amides is 2. The SMILES string of the molecule is CCC1=C(C(=O)OC)C(c2cccc(NC(=O)Nc3ccc(F)c(Cl)c3)c2)N2CCCSC2=N1. The Hall–Kier alpha value is -3.04. The van der Waals surface area contributed by atoms with Crippen LogP contribution in [0.3, 0.4) is 0 Å². The lowest BCUT2D eigenvalue weighted by atomic mass is 9.93. The molecule has 34 heavy (non-hydrogen) atoms. The Morgan fingerprint density at radius 2 is 2.00 bits per heavy atom. The monoisotopic (exact) mass is 502 g/mol. The molecule has 2 amide bonds. The van der Waals surface area contributed by atoms with Gasteiger partial charge in [-0.25, -0.2) is 19.0 Å². The lowest BCUT2D eigenvalue weighted by Gasteiger charge is -2.40. The van der Waals surface area contributed by atoms with Gasteiger partial charge in [0.2, 0.25) is 0 Å². The van der Waals surface area contributed by atoms with Crippen LogP contribution < -0.4 is 10.6 Å². The fourth-order valence-corrected chi connectivity index (χ4v) is 5.19.